The highest BCUT2D eigenvalue weighted by Crippen LogP contribution is 2.52. The van der Waals surface area contributed by atoms with Crippen molar-refractivity contribution in [2.24, 2.45) is 17.3 Å². The lowest BCUT2D eigenvalue weighted by atomic mass is 9.57. The molecule has 4 unspecified atom stereocenters. The third-order valence-corrected chi connectivity index (χ3v) is 4.57. The Morgan fingerprint density at radius 1 is 1.44 bits per heavy atom. The second kappa shape index (κ2) is 4.66. The molecule has 16 heavy (non-hydrogen) atoms. The first-order valence-corrected chi connectivity index (χ1v) is 6.92. The molecule has 0 aromatic rings. The lowest BCUT2D eigenvalue weighted by molar-refractivity contribution is -0.113. The molecule has 2 rings (SSSR count). The maximum absolute atomic E-state index is 5.81. The van der Waals surface area contributed by atoms with Crippen molar-refractivity contribution in [1.29, 1.82) is 0 Å². The summed E-state index contributed by atoms with van der Waals surface area (Å²) in [6, 6.07) is 0.680. The van der Waals surface area contributed by atoms with Gasteiger partial charge >= 0.3 is 0 Å². The molecule has 2 nitrogen and oxygen atoms in total. The van der Waals surface area contributed by atoms with Crippen molar-refractivity contribution < 1.29 is 4.74 Å². The molecule has 4 atom stereocenters. The highest BCUT2D eigenvalue weighted by atomic mass is 16.5. The topological polar surface area (TPSA) is 21.3 Å². The fourth-order valence-electron chi connectivity index (χ4n) is 3.66. The normalized spacial score (nSPS) is 37.9. The Bertz CT molecular complexity index is 239. The summed E-state index contributed by atoms with van der Waals surface area (Å²) in [4.78, 5) is 0. The van der Waals surface area contributed by atoms with Gasteiger partial charge in [0.2, 0.25) is 0 Å². The molecule has 1 saturated heterocycles. The zero-order chi connectivity index (χ0) is 11.8. The molecule has 0 bridgehead atoms. The molecule has 0 spiro atoms. The number of nitrogens with one attached hydrogen (secondary N) is 1. The van der Waals surface area contributed by atoms with Gasteiger partial charge in [0.05, 0.1) is 6.10 Å². The Balaban J connectivity index is 1.81. The fourth-order valence-corrected chi connectivity index (χ4v) is 3.66. The number of hydrogen-bond donors (Lipinski definition) is 1. The molecule has 1 aliphatic heterocycles. The van der Waals surface area contributed by atoms with Crippen molar-refractivity contribution >= 4 is 0 Å². The quantitative estimate of drug-likeness (QED) is 0.777. The van der Waals surface area contributed by atoms with Gasteiger partial charge in [0.15, 0.2) is 0 Å². The van der Waals surface area contributed by atoms with Crippen LogP contribution in [0.3, 0.4) is 0 Å². The van der Waals surface area contributed by atoms with Gasteiger partial charge in [0.25, 0.3) is 0 Å². The summed E-state index contributed by atoms with van der Waals surface area (Å²) >= 11 is 0. The van der Waals surface area contributed by atoms with Crippen LogP contribution >= 0.6 is 0 Å². The van der Waals surface area contributed by atoms with Gasteiger partial charge < -0.3 is 10.1 Å². The van der Waals surface area contributed by atoms with Crippen LogP contribution in [0.5, 0.6) is 0 Å². The van der Waals surface area contributed by atoms with Gasteiger partial charge in [-0.3, -0.25) is 0 Å². The largest absolute Gasteiger partial charge is 0.377 e. The molecule has 94 valence electrons. The number of rotatable bonds is 5. The summed E-state index contributed by atoms with van der Waals surface area (Å²) in [6.07, 6.45) is 4.41. The van der Waals surface area contributed by atoms with E-state index in [-0.39, 0.29) is 0 Å². The van der Waals surface area contributed by atoms with Gasteiger partial charge in [0.1, 0.15) is 0 Å². The van der Waals surface area contributed by atoms with Crippen molar-refractivity contribution in [3.05, 3.63) is 0 Å². The molecule has 1 heterocycles. The average molecular weight is 225 g/mol. The van der Waals surface area contributed by atoms with Crippen LogP contribution in [0.4, 0.5) is 0 Å². The van der Waals surface area contributed by atoms with E-state index >= 15 is 0 Å². The molecule has 0 aromatic heterocycles. The van der Waals surface area contributed by atoms with Crippen LogP contribution < -0.4 is 5.32 Å². The van der Waals surface area contributed by atoms with E-state index in [0.717, 1.165) is 18.4 Å². The van der Waals surface area contributed by atoms with E-state index in [0.29, 0.717) is 17.6 Å². The van der Waals surface area contributed by atoms with Crippen molar-refractivity contribution in [1.82, 2.24) is 5.32 Å². The summed E-state index contributed by atoms with van der Waals surface area (Å²) < 4.78 is 5.81. The zero-order valence-corrected chi connectivity index (χ0v) is 11.3. The minimum Gasteiger partial charge on any atom is -0.377 e. The monoisotopic (exact) mass is 225 g/mol. The molecule has 0 radical (unpaired) electrons. The highest BCUT2D eigenvalue weighted by molar-refractivity contribution is 5.11. The van der Waals surface area contributed by atoms with Crippen LogP contribution in [0, 0.1) is 17.3 Å². The maximum atomic E-state index is 5.81. The summed E-state index contributed by atoms with van der Waals surface area (Å²) in [5.41, 5.74) is 0.340. The van der Waals surface area contributed by atoms with Crippen LogP contribution in [-0.4, -0.2) is 25.3 Å². The third kappa shape index (κ3) is 2.02. The smallest absolute Gasteiger partial charge is 0.0685 e. The first-order valence-electron chi connectivity index (χ1n) is 6.92. The highest BCUT2D eigenvalue weighted by Gasteiger charge is 2.58. The van der Waals surface area contributed by atoms with Gasteiger partial charge in [-0.15, -0.1) is 0 Å². The fraction of sp³-hybridized carbons (Fsp3) is 1.00. The molecule has 2 fully saturated rings. The van der Waals surface area contributed by atoms with E-state index in [2.05, 4.69) is 33.0 Å². The summed E-state index contributed by atoms with van der Waals surface area (Å²) in [6.45, 7) is 11.5. The predicted molar refractivity (Wildman–Crippen MR) is 67.5 cm³/mol. The maximum Gasteiger partial charge on any atom is 0.0685 e. The molecular weight excluding hydrogens is 198 g/mol. The van der Waals surface area contributed by atoms with Gasteiger partial charge in [-0.25, -0.2) is 0 Å². The van der Waals surface area contributed by atoms with Gasteiger partial charge in [0, 0.05) is 24.0 Å². The molecule has 1 saturated carbocycles. The third-order valence-electron chi connectivity index (χ3n) is 4.57. The van der Waals surface area contributed by atoms with E-state index in [4.69, 9.17) is 4.74 Å². The minimum atomic E-state index is 0.340. The van der Waals surface area contributed by atoms with Crippen LogP contribution in [0.2, 0.25) is 0 Å². The molecule has 1 aliphatic carbocycles. The van der Waals surface area contributed by atoms with Crippen molar-refractivity contribution in [3.8, 4) is 0 Å². The summed E-state index contributed by atoms with van der Waals surface area (Å²) in [5, 5.41) is 3.79. The zero-order valence-electron chi connectivity index (χ0n) is 11.3. The van der Waals surface area contributed by atoms with Crippen molar-refractivity contribution in [2.75, 3.05) is 13.2 Å². The Kier molecular flexibility index (Phi) is 3.60. The average Bonchev–Trinajstić information content (AvgIpc) is 2.64. The van der Waals surface area contributed by atoms with E-state index < -0.39 is 0 Å². The predicted octanol–water partition coefficient (Wildman–Crippen LogP) is 2.83. The van der Waals surface area contributed by atoms with Crippen LogP contribution in [-0.2, 0) is 4.74 Å². The summed E-state index contributed by atoms with van der Waals surface area (Å²) in [5.74, 6) is 1.59. The van der Waals surface area contributed by atoms with Gasteiger partial charge in [-0.05, 0) is 25.3 Å². The number of ether oxygens (including phenoxy) is 1. The first kappa shape index (κ1) is 12.4. The molecule has 0 aromatic carbocycles. The molecular formula is C14H27NO. The lowest BCUT2D eigenvalue weighted by Crippen LogP contribution is -2.66. The van der Waals surface area contributed by atoms with Crippen LogP contribution in [0.25, 0.3) is 0 Å². The van der Waals surface area contributed by atoms with Crippen LogP contribution in [0.1, 0.15) is 47.0 Å². The van der Waals surface area contributed by atoms with E-state index in [1.165, 1.54) is 25.8 Å². The second-order valence-electron chi connectivity index (χ2n) is 6.35. The van der Waals surface area contributed by atoms with E-state index in [1.54, 1.807) is 0 Å². The summed E-state index contributed by atoms with van der Waals surface area (Å²) in [7, 11) is 0. The Morgan fingerprint density at radius 3 is 2.88 bits per heavy atom. The molecule has 2 heteroatoms. The first-order chi connectivity index (χ1) is 7.57. The van der Waals surface area contributed by atoms with Crippen LogP contribution in [0.15, 0.2) is 0 Å². The van der Waals surface area contributed by atoms with E-state index in [1.807, 2.05) is 0 Å². The molecule has 1 N–H and O–H groups in total. The van der Waals surface area contributed by atoms with Gasteiger partial charge in [-0.2, -0.15) is 0 Å². The number of fused-ring (bicyclic) bond motifs is 1. The van der Waals surface area contributed by atoms with Gasteiger partial charge in [-0.1, -0.05) is 34.1 Å². The standard InChI is InChI=1S/C14H27NO/c1-5-6-10(2)9-15-12-11-7-8-16-13(11)14(12,3)4/h10-13,15H,5-9H2,1-4H3. The van der Waals surface area contributed by atoms with Crippen molar-refractivity contribution in [3.63, 3.8) is 0 Å². The lowest BCUT2D eigenvalue weighted by Gasteiger charge is -2.55. The minimum absolute atomic E-state index is 0.340. The van der Waals surface area contributed by atoms with Crippen molar-refractivity contribution in [2.45, 2.75) is 59.1 Å². The van der Waals surface area contributed by atoms with E-state index in [9.17, 15) is 0 Å². The Labute approximate surface area is 100 Å². The molecule has 2 aliphatic rings. The molecule has 0 amide bonds. The SMILES string of the molecule is CCCC(C)CNC1C2CCOC2C1(C)C. The Morgan fingerprint density at radius 2 is 2.19 bits per heavy atom. The number of hydrogen-bond acceptors (Lipinski definition) is 2. The Hall–Kier alpha value is -0.0800. The second-order valence-corrected chi connectivity index (χ2v) is 6.35.